The molecule has 0 unspecified atom stereocenters. The van der Waals surface area contributed by atoms with Gasteiger partial charge in [0.25, 0.3) is 5.91 Å². The van der Waals surface area contributed by atoms with E-state index in [1.807, 2.05) is 63.2 Å². The summed E-state index contributed by atoms with van der Waals surface area (Å²) in [5.41, 5.74) is 5.63. The highest BCUT2D eigenvalue weighted by atomic mass is 16.3. The van der Waals surface area contributed by atoms with E-state index >= 15 is 0 Å². The molecule has 0 aliphatic rings. The molecular weight excluding hydrogens is 324 g/mol. The van der Waals surface area contributed by atoms with Crippen LogP contribution in [-0.2, 0) is 0 Å². The molecule has 3 aromatic rings. The van der Waals surface area contributed by atoms with Crippen molar-refractivity contribution in [3.8, 4) is 16.9 Å². The first-order chi connectivity index (χ1) is 12.0. The maximum atomic E-state index is 12.5. The summed E-state index contributed by atoms with van der Waals surface area (Å²) in [6, 6.07) is 13.2. The number of aromatic nitrogens is 1. The van der Waals surface area contributed by atoms with Gasteiger partial charge in [0.15, 0.2) is 0 Å². The maximum absolute atomic E-state index is 12.5. The lowest BCUT2D eigenvalue weighted by Crippen LogP contribution is -2.13. The number of benzene rings is 2. The molecule has 26 heavy (non-hydrogen) atoms. The predicted octanol–water partition coefficient (Wildman–Crippen LogP) is 5.27. The number of pyridine rings is 1. The van der Waals surface area contributed by atoms with Gasteiger partial charge in [-0.15, -0.1) is 0 Å². The third-order valence-electron chi connectivity index (χ3n) is 4.22. The van der Waals surface area contributed by atoms with E-state index in [1.54, 1.807) is 12.4 Å². The molecule has 2 N–H and O–H groups in total. The fourth-order valence-electron chi connectivity index (χ4n) is 2.75. The molecule has 1 heterocycles. The monoisotopic (exact) mass is 348 g/mol. The van der Waals surface area contributed by atoms with E-state index in [0.717, 1.165) is 33.5 Å². The minimum Gasteiger partial charge on any atom is -0.507 e. The maximum Gasteiger partial charge on any atom is 0.257 e. The molecule has 0 aliphatic carbocycles. The molecule has 4 heteroatoms. The first kappa shape index (κ1) is 19.2. The van der Waals surface area contributed by atoms with E-state index in [2.05, 4.69) is 10.3 Å². The van der Waals surface area contributed by atoms with Gasteiger partial charge in [0, 0.05) is 23.6 Å². The van der Waals surface area contributed by atoms with Crippen molar-refractivity contribution in [2.45, 2.75) is 28.2 Å². The smallest absolute Gasteiger partial charge is 0.257 e. The largest absolute Gasteiger partial charge is 0.507 e. The fraction of sp³-hybridized carbons (Fsp3) is 0.182. The van der Waals surface area contributed by atoms with Gasteiger partial charge in [-0.05, 0) is 67.3 Å². The number of nitrogens with zero attached hydrogens (tertiary/aromatic N) is 1. The first-order valence-electron chi connectivity index (χ1n) is 8.08. The lowest BCUT2D eigenvalue weighted by molar-refractivity contribution is 0.102. The van der Waals surface area contributed by atoms with Crippen LogP contribution in [0.1, 0.15) is 34.5 Å². The Balaban J connectivity index is 0.00000243. The van der Waals surface area contributed by atoms with Gasteiger partial charge in [0.2, 0.25) is 0 Å². The summed E-state index contributed by atoms with van der Waals surface area (Å²) in [6.07, 6.45) is 3.27. The third-order valence-corrected chi connectivity index (χ3v) is 4.22. The van der Waals surface area contributed by atoms with Crippen LogP contribution in [0, 0.1) is 20.8 Å². The molecule has 0 atom stereocenters. The summed E-state index contributed by atoms with van der Waals surface area (Å²) >= 11 is 0. The second-order valence-corrected chi connectivity index (χ2v) is 6.19. The highest BCUT2D eigenvalue weighted by molar-refractivity contribution is 6.05. The average molecular weight is 348 g/mol. The van der Waals surface area contributed by atoms with Crippen LogP contribution in [0.3, 0.4) is 0 Å². The number of phenols is 1. The average Bonchev–Trinajstić information content (AvgIpc) is 2.61. The van der Waals surface area contributed by atoms with Crippen molar-refractivity contribution in [1.82, 2.24) is 4.98 Å². The predicted molar refractivity (Wildman–Crippen MR) is 107 cm³/mol. The molecule has 0 aliphatic heterocycles. The minimum absolute atomic E-state index is 0. The Kier molecular flexibility index (Phi) is 5.78. The van der Waals surface area contributed by atoms with Crippen molar-refractivity contribution < 1.29 is 9.90 Å². The van der Waals surface area contributed by atoms with Gasteiger partial charge in [0.1, 0.15) is 5.75 Å². The van der Waals surface area contributed by atoms with E-state index in [4.69, 9.17) is 0 Å². The number of carbonyl (C=O) groups is 1. The first-order valence-corrected chi connectivity index (χ1v) is 8.08. The molecule has 0 spiro atoms. The standard InChI is InChI=1S/C21H20N2O2.CH4/c1-13-6-4-5-7-19(13)23-21(25)18-10-17(11-22-12-18)16-8-14(2)20(24)15(3)9-16;/h4-12,24H,1-3H3,(H,23,25);1H4. The Labute approximate surface area is 154 Å². The topological polar surface area (TPSA) is 62.2 Å². The van der Waals surface area contributed by atoms with Crippen LogP contribution in [-0.4, -0.2) is 16.0 Å². The van der Waals surface area contributed by atoms with E-state index in [-0.39, 0.29) is 13.3 Å². The number of para-hydroxylation sites is 1. The highest BCUT2D eigenvalue weighted by Gasteiger charge is 2.11. The molecule has 134 valence electrons. The van der Waals surface area contributed by atoms with Gasteiger partial charge >= 0.3 is 0 Å². The molecule has 1 aromatic heterocycles. The second kappa shape index (κ2) is 7.83. The van der Waals surface area contributed by atoms with Gasteiger partial charge in [-0.3, -0.25) is 9.78 Å². The summed E-state index contributed by atoms with van der Waals surface area (Å²) in [4.78, 5) is 16.8. The Hall–Kier alpha value is -3.14. The van der Waals surface area contributed by atoms with E-state index in [1.165, 1.54) is 0 Å². The molecular formula is C22H24N2O2. The summed E-state index contributed by atoms with van der Waals surface area (Å²) in [5, 5.41) is 12.8. The van der Waals surface area contributed by atoms with Crippen LogP contribution >= 0.6 is 0 Å². The zero-order valence-electron chi connectivity index (χ0n) is 14.5. The number of nitrogens with one attached hydrogen (secondary N) is 1. The SMILES string of the molecule is C.Cc1ccccc1NC(=O)c1cncc(-c2cc(C)c(O)c(C)c2)c1. The van der Waals surface area contributed by atoms with Crippen LogP contribution in [0.15, 0.2) is 54.9 Å². The number of rotatable bonds is 3. The van der Waals surface area contributed by atoms with Gasteiger partial charge in [0.05, 0.1) is 5.56 Å². The number of hydrogen-bond donors (Lipinski definition) is 2. The molecule has 0 radical (unpaired) electrons. The number of amides is 1. The normalized spacial score (nSPS) is 10.1. The molecule has 0 bridgehead atoms. The van der Waals surface area contributed by atoms with Gasteiger partial charge < -0.3 is 10.4 Å². The zero-order valence-corrected chi connectivity index (χ0v) is 14.5. The number of anilines is 1. The van der Waals surface area contributed by atoms with Gasteiger partial charge in [-0.25, -0.2) is 0 Å². The van der Waals surface area contributed by atoms with Crippen molar-refractivity contribution in [3.05, 3.63) is 77.1 Å². The van der Waals surface area contributed by atoms with E-state index < -0.39 is 0 Å². The Morgan fingerprint density at radius 1 is 0.923 bits per heavy atom. The minimum atomic E-state index is -0.198. The van der Waals surface area contributed by atoms with Crippen LogP contribution in [0.5, 0.6) is 5.75 Å². The van der Waals surface area contributed by atoms with Crippen molar-refractivity contribution in [2.75, 3.05) is 5.32 Å². The number of hydrogen-bond acceptors (Lipinski definition) is 3. The van der Waals surface area contributed by atoms with Crippen LogP contribution in [0.25, 0.3) is 11.1 Å². The van der Waals surface area contributed by atoms with E-state index in [0.29, 0.717) is 11.3 Å². The van der Waals surface area contributed by atoms with Crippen molar-refractivity contribution in [1.29, 1.82) is 0 Å². The van der Waals surface area contributed by atoms with E-state index in [9.17, 15) is 9.90 Å². The van der Waals surface area contributed by atoms with Crippen LogP contribution < -0.4 is 5.32 Å². The summed E-state index contributed by atoms with van der Waals surface area (Å²) in [6.45, 7) is 5.66. The van der Waals surface area contributed by atoms with Crippen molar-refractivity contribution in [3.63, 3.8) is 0 Å². The Morgan fingerprint density at radius 3 is 2.23 bits per heavy atom. The summed E-state index contributed by atoms with van der Waals surface area (Å²) in [5.74, 6) is 0.0982. The quantitative estimate of drug-likeness (QED) is 0.678. The number of carbonyl (C=O) groups excluding carboxylic acids is 1. The fourth-order valence-corrected chi connectivity index (χ4v) is 2.75. The lowest BCUT2D eigenvalue weighted by Gasteiger charge is -2.10. The lowest BCUT2D eigenvalue weighted by atomic mass is 10.00. The molecule has 3 rings (SSSR count). The second-order valence-electron chi connectivity index (χ2n) is 6.19. The summed E-state index contributed by atoms with van der Waals surface area (Å²) in [7, 11) is 0. The molecule has 0 saturated heterocycles. The number of aryl methyl sites for hydroxylation is 3. The molecule has 2 aromatic carbocycles. The van der Waals surface area contributed by atoms with Crippen LogP contribution in [0.4, 0.5) is 5.69 Å². The van der Waals surface area contributed by atoms with Crippen molar-refractivity contribution in [2.24, 2.45) is 0 Å². The zero-order chi connectivity index (χ0) is 18.0. The molecule has 0 fully saturated rings. The number of aromatic hydroxyl groups is 1. The Bertz CT molecular complexity index is 925. The Morgan fingerprint density at radius 2 is 1.58 bits per heavy atom. The summed E-state index contributed by atoms with van der Waals surface area (Å²) < 4.78 is 0. The molecule has 4 nitrogen and oxygen atoms in total. The number of phenolic OH excluding ortho intramolecular Hbond substituents is 1. The van der Waals surface area contributed by atoms with Gasteiger partial charge in [-0.1, -0.05) is 25.6 Å². The van der Waals surface area contributed by atoms with Gasteiger partial charge in [-0.2, -0.15) is 0 Å². The molecule has 1 amide bonds. The third kappa shape index (κ3) is 3.91. The van der Waals surface area contributed by atoms with Crippen molar-refractivity contribution >= 4 is 11.6 Å². The highest BCUT2D eigenvalue weighted by Crippen LogP contribution is 2.29. The van der Waals surface area contributed by atoms with Crippen LogP contribution in [0.2, 0.25) is 0 Å². The molecule has 0 saturated carbocycles.